The van der Waals surface area contributed by atoms with Gasteiger partial charge in [-0.1, -0.05) is 49.4 Å². The van der Waals surface area contributed by atoms with E-state index >= 15 is 0 Å². The Hall–Kier alpha value is -6.51. The minimum Gasteiger partial charge on any atom is -0.508 e. The lowest BCUT2D eigenvalue weighted by molar-refractivity contribution is -0.137. The normalized spacial score (nSPS) is 15.3. The topological polar surface area (TPSA) is 193 Å². The summed E-state index contributed by atoms with van der Waals surface area (Å²) in [5.41, 5.74) is 6.50. The summed E-state index contributed by atoms with van der Waals surface area (Å²) >= 11 is 0. The van der Waals surface area contributed by atoms with Crippen LogP contribution in [0.5, 0.6) is 17.2 Å². The first-order chi connectivity index (χ1) is 28.6. The number of carbonyl (C=O) groups is 5. The van der Waals surface area contributed by atoms with Crippen LogP contribution >= 0.6 is 0 Å². The van der Waals surface area contributed by atoms with E-state index in [1.807, 2.05) is 48.5 Å². The van der Waals surface area contributed by atoms with Gasteiger partial charge < -0.3 is 40.0 Å². The number of allylic oxidation sites excluding steroid dienone is 1. The highest BCUT2D eigenvalue weighted by atomic mass is 16.5. The van der Waals surface area contributed by atoms with Crippen molar-refractivity contribution in [1.29, 1.82) is 0 Å². The van der Waals surface area contributed by atoms with Gasteiger partial charge >= 0.3 is 0 Å². The Balaban J connectivity index is 0.853. The Kier molecular flexibility index (Phi) is 14.5. The quantitative estimate of drug-likeness (QED) is 0.0480. The number of amides is 5. The largest absolute Gasteiger partial charge is 0.508 e. The molecule has 5 amide bonds. The summed E-state index contributed by atoms with van der Waals surface area (Å²) in [7, 11) is 0. The second kappa shape index (κ2) is 20.3. The predicted octanol–water partition coefficient (Wildman–Crippen LogP) is 5.18. The number of imide groups is 1. The molecule has 14 heteroatoms. The monoisotopic (exact) mass is 804 g/mol. The third-order valence-corrected chi connectivity index (χ3v) is 10.0. The number of fused-ring (bicyclic) bond motifs is 1. The summed E-state index contributed by atoms with van der Waals surface area (Å²) < 4.78 is 16.9. The number of phenols is 2. The van der Waals surface area contributed by atoms with Crippen molar-refractivity contribution < 1.29 is 48.4 Å². The lowest BCUT2D eigenvalue weighted by atomic mass is 9.88. The van der Waals surface area contributed by atoms with Crippen molar-refractivity contribution in [3.05, 3.63) is 119 Å². The van der Waals surface area contributed by atoms with Gasteiger partial charge in [0.15, 0.2) is 0 Å². The molecule has 0 spiro atoms. The highest BCUT2D eigenvalue weighted by Crippen LogP contribution is 2.36. The molecule has 2 aliphatic heterocycles. The highest BCUT2D eigenvalue weighted by molar-refractivity contribution is 6.07. The molecule has 1 fully saturated rings. The fraction of sp³-hybridized carbons (Fsp3) is 0.311. The zero-order valence-electron chi connectivity index (χ0n) is 32.8. The van der Waals surface area contributed by atoms with Gasteiger partial charge in [-0.3, -0.25) is 29.3 Å². The number of rotatable bonds is 19. The van der Waals surface area contributed by atoms with Crippen molar-refractivity contribution in [1.82, 2.24) is 15.5 Å². The van der Waals surface area contributed by atoms with E-state index < -0.39 is 11.9 Å². The second-order valence-electron chi connectivity index (χ2n) is 14.0. The average Bonchev–Trinajstić information content (AvgIpc) is 3.57. The molecule has 1 unspecified atom stereocenters. The number of ether oxygens (including phenoxy) is 3. The first-order valence-corrected chi connectivity index (χ1v) is 19.6. The van der Waals surface area contributed by atoms with Gasteiger partial charge in [-0.15, -0.1) is 0 Å². The molecule has 0 saturated carbocycles. The van der Waals surface area contributed by atoms with E-state index in [9.17, 15) is 34.2 Å². The highest BCUT2D eigenvalue weighted by Gasteiger charge is 2.40. The number of hydrogen-bond donors (Lipinski definition) is 5. The van der Waals surface area contributed by atoms with E-state index in [1.54, 1.807) is 42.5 Å². The molecule has 6 rings (SSSR count). The molecule has 1 atom stereocenters. The van der Waals surface area contributed by atoms with Gasteiger partial charge in [0.05, 0.1) is 39.4 Å². The van der Waals surface area contributed by atoms with Gasteiger partial charge in [-0.2, -0.15) is 0 Å². The molecule has 5 N–H and O–H groups in total. The maximum absolute atomic E-state index is 13.0. The summed E-state index contributed by atoms with van der Waals surface area (Å²) in [6, 6.07) is 26.2. The van der Waals surface area contributed by atoms with Crippen LogP contribution in [0.1, 0.15) is 71.6 Å². The minimum atomic E-state index is -0.742. The molecule has 4 aromatic carbocycles. The molecule has 0 aromatic heterocycles. The number of carbonyl (C=O) groups excluding carboxylic acids is 5. The van der Waals surface area contributed by atoms with Gasteiger partial charge in [-0.05, 0) is 89.2 Å². The van der Waals surface area contributed by atoms with Crippen molar-refractivity contribution in [2.24, 2.45) is 0 Å². The van der Waals surface area contributed by atoms with Crippen LogP contribution in [-0.2, 0) is 35.2 Å². The number of anilines is 1. The Morgan fingerprint density at radius 2 is 1.37 bits per heavy atom. The molecule has 2 heterocycles. The fourth-order valence-corrected chi connectivity index (χ4v) is 7.06. The summed E-state index contributed by atoms with van der Waals surface area (Å²) in [6.45, 7) is 3.64. The zero-order valence-corrected chi connectivity index (χ0v) is 32.8. The number of piperidine rings is 1. The first-order valence-electron chi connectivity index (χ1n) is 19.6. The smallest absolute Gasteiger partial charge is 0.255 e. The summed E-state index contributed by atoms with van der Waals surface area (Å²) in [5, 5.41) is 27.7. The number of nitrogens with one attached hydrogen (secondary N) is 3. The molecule has 2 aliphatic rings. The van der Waals surface area contributed by atoms with Crippen molar-refractivity contribution in [2.45, 2.75) is 51.6 Å². The number of hydrogen-bond acceptors (Lipinski definition) is 10. The summed E-state index contributed by atoms with van der Waals surface area (Å²) in [4.78, 5) is 63.3. The van der Waals surface area contributed by atoms with Gasteiger partial charge in [-0.25, -0.2) is 0 Å². The van der Waals surface area contributed by atoms with Gasteiger partial charge in [0.25, 0.3) is 5.91 Å². The van der Waals surface area contributed by atoms with Gasteiger partial charge in [0, 0.05) is 36.2 Å². The number of aromatic hydroxyl groups is 2. The Labute approximate surface area is 342 Å². The minimum absolute atomic E-state index is 0.0712. The maximum atomic E-state index is 13.0. The van der Waals surface area contributed by atoms with Crippen LogP contribution in [0.15, 0.2) is 91.0 Å². The second-order valence-corrected chi connectivity index (χ2v) is 14.0. The fourth-order valence-electron chi connectivity index (χ4n) is 7.06. The molecule has 308 valence electrons. The van der Waals surface area contributed by atoms with E-state index in [0.717, 1.165) is 34.3 Å². The molecule has 1 saturated heterocycles. The maximum Gasteiger partial charge on any atom is 0.255 e. The summed E-state index contributed by atoms with van der Waals surface area (Å²) in [5.74, 6) is -0.621. The Morgan fingerprint density at radius 1 is 0.763 bits per heavy atom. The van der Waals surface area contributed by atoms with Crippen molar-refractivity contribution in [3.63, 3.8) is 0 Å². The molecular formula is C45H48N4O10. The SMILES string of the molecule is CCC(=C(c1ccc(O)cc1)c1ccc(OCCNC(=O)CCOCCOCCC(=O)Nc2cccc3c2CN(C2CCC(=O)NC2=O)C3=O)cc1)c1ccc(O)cc1. The van der Waals surface area contributed by atoms with E-state index in [1.165, 1.54) is 4.90 Å². The molecule has 14 nitrogen and oxygen atoms in total. The summed E-state index contributed by atoms with van der Waals surface area (Å²) in [6.07, 6.45) is 1.38. The molecule has 0 radical (unpaired) electrons. The van der Waals surface area contributed by atoms with Crippen molar-refractivity contribution >= 4 is 46.4 Å². The van der Waals surface area contributed by atoms with E-state index in [0.29, 0.717) is 29.1 Å². The molecule has 0 aliphatic carbocycles. The van der Waals surface area contributed by atoms with Gasteiger partial charge in [0.2, 0.25) is 23.6 Å². The average molecular weight is 805 g/mol. The van der Waals surface area contributed by atoms with Crippen LogP contribution in [-0.4, -0.2) is 90.3 Å². The van der Waals surface area contributed by atoms with E-state index in [4.69, 9.17) is 14.2 Å². The lowest BCUT2D eigenvalue weighted by Gasteiger charge is -2.29. The molecule has 4 aromatic rings. The molecular weight excluding hydrogens is 757 g/mol. The number of phenolic OH excluding ortho intramolecular Hbond substituents is 2. The zero-order chi connectivity index (χ0) is 41.7. The van der Waals surface area contributed by atoms with Crippen LogP contribution in [0, 0.1) is 0 Å². The molecule has 0 bridgehead atoms. The van der Waals surface area contributed by atoms with Crippen LogP contribution in [0.2, 0.25) is 0 Å². The van der Waals surface area contributed by atoms with E-state index in [2.05, 4.69) is 22.9 Å². The van der Waals surface area contributed by atoms with Crippen LogP contribution in [0.25, 0.3) is 11.1 Å². The first kappa shape index (κ1) is 42.1. The Morgan fingerprint density at radius 3 is 2.00 bits per heavy atom. The number of nitrogens with zero attached hydrogens (tertiary/aromatic N) is 1. The van der Waals surface area contributed by atoms with E-state index in [-0.39, 0.29) is 100 Å². The third-order valence-electron chi connectivity index (χ3n) is 10.0. The standard InChI is InChI=1S/C45H48N4O10/c1-2-35(29-6-12-32(50)13-7-29)43(30-8-14-33(51)15-9-30)31-10-16-34(17-11-31)59-25-22-46-40(52)20-23-57-26-27-58-24-21-42(54)47-38-5-3-4-36-37(38)28-49(45(36)56)39-18-19-41(53)48-44(39)55/h3-17,39,50-51H,2,18-28H2,1H3,(H,46,52)(H,47,54)(H,48,53,55). The lowest BCUT2D eigenvalue weighted by Crippen LogP contribution is -2.52. The van der Waals surface area contributed by atoms with Gasteiger partial charge in [0.1, 0.15) is 29.9 Å². The van der Waals surface area contributed by atoms with Crippen LogP contribution in [0.3, 0.4) is 0 Å². The third kappa shape index (κ3) is 11.1. The Bertz CT molecular complexity index is 2170. The molecule has 59 heavy (non-hydrogen) atoms. The van der Waals surface area contributed by atoms with Crippen LogP contribution in [0.4, 0.5) is 5.69 Å². The van der Waals surface area contributed by atoms with Crippen LogP contribution < -0.4 is 20.7 Å². The predicted molar refractivity (Wildman–Crippen MR) is 219 cm³/mol. The van der Waals surface area contributed by atoms with Crippen molar-refractivity contribution in [3.8, 4) is 17.2 Å². The number of benzene rings is 4. The van der Waals surface area contributed by atoms with Crippen molar-refractivity contribution in [2.75, 3.05) is 44.9 Å².